The number of nitrogens with one attached hydrogen (secondary N) is 1. The predicted molar refractivity (Wildman–Crippen MR) is 128 cm³/mol. The van der Waals surface area contributed by atoms with Gasteiger partial charge in [-0.2, -0.15) is 0 Å². The fraction of sp³-hybridized carbons (Fsp3) is 0.348. The first-order valence-electron chi connectivity index (χ1n) is 10.4. The maximum Gasteiger partial charge on any atom is 0.233 e. The van der Waals surface area contributed by atoms with E-state index in [1.165, 1.54) is 11.8 Å². The highest BCUT2D eigenvalue weighted by Crippen LogP contribution is 2.31. The lowest BCUT2D eigenvalue weighted by molar-refractivity contribution is -0.120. The second kappa shape index (κ2) is 9.73. The number of amides is 1. The lowest BCUT2D eigenvalue weighted by Gasteiger charge is -2.16. The summed E-state index contributed by atoms with van der Waals surface area (Å²) in [5, 5.41) is 13.1. The van der Waals surface area contributed by atoms with Gasteiger partial charge < -0.3 is 10.1 Å². The van der Waals surface area contributed by atoms with Crippen LogP contribution in [0.2, 0.25) is 10.0 Å². The van der Waals surface area contributed by atoms with Crippen LogP contribution >= 0.6 is 35.0 Å². The van der Waals surface area contributed by atoms with Crippen molar-refractivity contribution in [3.05, 3.63) is 63.4 Å². The molecule has 1 N–H and O–H groups in total. The van der Waals surface area contributed by atoms with E-state index in [-0.39, 0.29) is 17.8 Å². The minimum absolute atomic E-state index is 0.0127. The van der Waals surface area contributed by atoms with Crippen molar-refractivity contribution in [2.24, 2.45) is 0 Å². The minimum Gasteiger partial charge on any atom is -0.484 e. The number of aromatic nitrogens is 3. The zero-order chi connectivity index (χ0) is 22.8. The lowest BCUT2D eigenvalue weighted by Crippen LogP contribution is -2.32. The van der Waals surface area contributed by atoms with E-state index in [2.05, 4.69) is 33.7 Å². The summed E-state index contributed by atoms with van der Waals surface area (Å²) in [5.41, 5.74) is 3.13. The molecular formula is C23H24Cl2N4O2S. The van der Waals surface area contributed by atoms with Crippen molar-refractivity contribution in [2.75, 3.05) is 0 Å². The third-order valence-electron chi connectivity index (χ3n) is 5.13. The van der Waals surface area contributed by atoms with E-state index in [4.69, 9.17) is 27.9 Å². The van der Waals surface area contributed by atoms with Gasteiger partial charge in [-0.1, -0.05) is 47.1 Å². The molecule has 9 heteroatoms. The van der Waals surface area contributed by atoms with Crippen LogP contribution in [0.15, 0.2) is 41.6 Å². The Morgan fingerprint density at radius 2 is 2.00 bits per heavy atom. The molecule has 168 valence electrons. The maximum absolute atomic E-state index is 12.5. The van der Waals surface area contributed by atoms with Gasteiger partial charge in [-0.3, -0.25) is 9.36 Å². The summed E-state index contributed by atoms with van der Waals surface area (Å²) in [7, 11) is 0. The van der Waals surface area contributed by atoms with Crippen LogP contribution in [-0.4, -0.2) is 32.0 Å². The summed E-state index contributed by atoms with van der Waals surface area (Å²) in [5.74, 6) is 1.14. The predicted octanol–water partition coefficient (Wildman–Crippen LogP) is 5.53. The highest BCUT2D eigenvalue weighted by Gasteiger charge is 2.28. The van der Waals surface area contributed by atoms with Gasteiger partial charge in [0.1, 0.15) is 12.4 Å². The van der Waals surface area contributed by atoms with Crippen molar-refractivity contribution in [1.82, 2.24) is 20.1 Å². The molecule has 0 spiro atoms. The average molecular weight is 491 g/mol. The Morgan fingerprint density at radius 1 is 1.22 bits per heavy atom. The second-order valence-electron chi connectivity index (χ2n) is 7.93. The number of benzene rings is 2. The van der Waals surface area contributed by atoms with Gasteiger partial charge in [-0.15, -0.1) is 10.2 Å². The summed E-state index contributed by atoms with van der Waals surface area (Å²) < 4.78 is 7.89. The van der Waals surface area contributed by atoms with Gasteiger partial charge in [-0.05, 0) is 69.0 Å². The molecule has 1 aromatic heterocycles. The molecule has 3 aromatic rings. The number of nitrogens with zero attached hydrogens (tertiary/aromatic N) is 3. The van der Waals surface area contributed by atoms with E-state index in [0.717, 1.165) is 29.7 Å². The Morgan fingerprint density at radius 3 is 2.72 bits per heavy atom. The summed E-state index contributed by atoms with van der Waals surface area (Å²) in [4.78, 5) is 12.5. The third kappa shape index (κ3) is 5.39. The number of rotatable bonds is 8. The molecule has 2 aromatic carbocycles. The fourth-order valence-corrected chi connectivity index (χ4v) is 4.52. The van der Waals surface area contributed by atoms with Gasteiger partial charge in [0.2, 0.25) is 5.91 Å². The van der Waals surface area contributed by atoms with Crippen molar-refractivity contribution < 1.29 is 9.53 Å². The molecule has 1 atom stereocenters. The first-order valence-corrected chi connectivity index (χ1v) is 12.0. The van der Waals surface area contributed by atoms with Crippen LogP contribution < -0.4 is 10.1 Å². The van der Waals surface area contributed by atoms with Crippen molar-refractivity contribution in [2.45, 2.75) is 56.7 Å². The molecule has 1 heterocycles. The SMILES string of the molecule is Cc1ccc(C)c(-n2c(COc3ccc(Cl)cc3Cl)nnc2SC(C)C(=O)NC2CC2)c1. The normalized spacial score (nSPS) is 14.3. The second-order valence-corrected chi connectivity index (χ2v) is 10.1. The number of thioether (sulfide) groups is 1. The monoisotopic (exact) mass is 490 g/mol. The van der Waals surface area contributed by atoms with Crippen LogP contribution in [0.25, 0.3) is 5.69 Å². The van der Waals surface area contributed by atoms with Crippen LogP contribution in [0, 0.1) is 13.8 Å². The number of aryl methyl sites for hydroxylation is 2. The first-order chi connectivity index (χ1) is 15.3. The quantitative estimate of drug-likeness (QED) is 0.420. The van der Waals surface area contributed by atoms with Crippen LogP contribution in [0.4, 0.5) is 0 Å². The molecule has 1 amide bonds. The van der Waals surface area contributed by atoms with Crippen molar-refractivity contribution >= 4 is 40.9 Å². The topological polar surface area (TPSA) is 69.0 Å². The van der Waals surface area contributed by atoms with Gasteiger partial charge >= 0.3 is 0 Å². The molecule has 1 aliphatic rings. The molecule has 6 nitrogen and oxygen atoms in total. The third-order valence-corrected chi connectivity index (χ3v) is 6.70. The number of hydrogen-bond donors (Lipinski definition) is 1. The van der Waals surface area contributed by atoms with Crippen molar-refractivity contribution in [1.29, 1.82) is 0 Å². The summed E-state index contributed by atoms with van der Waals surface area (Å²) in [6, 6.07) is 11.6. The van der Waals surface area contributed by atoms with E-state index in [0.29, 0.717) is 32.8 Å². The number of carbonyl (C=O) groups excluding carboxylic acids is 1. The minimum atomic E-state index is -0.303. The average Bonchev–Trinajstić information content (AvgIpc) is 3.48. The molecule has 0 aliphatic heterocycles. The number of carbonyl (C=O) groups is 1. The number of halogens is 2. The van der Waals surface area contributed by atoms with E-state index in [9.17, 15) is 4.79 Å². The molecular weight excluding hydrogens is 467 g/mol. The van der Waals surface area contributed by atoms with E-state index >= 15 is 0 Å². The molecule has 0 bridgehead atoms. The molecule has 32 heavy (non-hydrogen) atoms. The molecule has 1 fully saturated rings. The van der Waals surface area contributed by atoms with Crippen molar-refractivity contribution in [3.63, 3.8) is 0 Å². The maximum atomic E-state index is 12.5. The van der Waals surface area contributed by atoms with E-state index < -0.39 is 0 Å². The summed E-state index contributed by atoms with van der Waals surface area (Å²) >= 11 is 13.6. The van der Waals surface area contributed by atoms with Gasteiger partial charge in [-0.25, -0.2) is 0 Å². The highest BCUT2D eigenvalue weighted by molar-refractivity contribution is 8.00. The zero-order valence-corrected chi connectivity index (χ0v) is 20.4. The first kappa shape index (κ1) is 23.0. The Kier molecular flexibility index (Phi) is 6.98. The zero-order valence-electron chi connectivity index (χ0n) is 18.1. The molecule has 1 saturated carbocycles. The fourth-order valence-electron chi connectivity index (χ4n) is 3.16. The Labute approximate surface area is 201 Å². The van der Waals surface area contributed by atoms with Crippen LogP contribution in [-0.2, 0) is 11.4 Å². The molecule has 4 rings (SSSR count). The van der Waals surface area contributed by atoms with Gasteiger partial charge in [0, 0.05) is 11.1 Å². The number of hydrogen-bond acceptors (Lipinski definition) is 5. The molecule has 1 aliphatic carbocycles. The Hall–Kier alpha value is -2.22. The standard InChI is InChI=1S/C23H24Cl2N4O2S/c1-13-4-5-14(2)19(10-13)29-21(12-31-20-9-6-16(24)11-18(20)25)27-28-23(29)32-15(3)22(30)26-17-7-8-17/h4-6,9-11,15,17H,7-8,12H2,1-3H3,(H,26,30). The van der Waals surface area contributed by atoms with Gasteiger partial charge in [0.05, 0.1) is 16.0 Å². The van der Waals surface area contributed by atoms with Crippen LogP contribution in [0.1, 0.15) is 36.7 Å². The van der Waals surface area contributed by atoms with Crippen LogP contribution in [0.5, 0.6) is 5.75 Å². The molecule has 0 radical (unpaired) electrons. The Bertz CT molecular complexity index is 1150. The molecule has 0 saturated heterocycles. The molecule has 1 unspecified atom stereocenters. The number of ether oxygens (including phenoxy) is 1. The summed E-state index contributed by atoms with van der Waals surface area (Å²) in [6.07, 6.45) is 2.10. The Balaban J connectivity index is 1.63. The van der Waals surface area contributed by atoms with E-state index in [1.54, 1.807) is 18.2 Å². The van der Waals surface area contributed by atoms with E-state index in [1.807, 2.05) is 25.3 Å². The largest absolute Gasteiger partial charge is 0.484 e. The summed E-state index contributed by atoms with van der Waals surface area (Å²) in [6.45, 7) is 6.11. The smallest absolute Gasteiger partial charge is 0.233 e. The van der Waals surface area contributed by atoms with Gasteiger partial charge in [0.15, 0.2) is 11.0 Å². The van der Waals surface area contributed by atoms with Gasteiger partial charge in [0.25, 0.3) is 0 Å². The lowest BCUT2D eigenvalue weighted by atomic mass is 10.1. The van der Waals surface area contributed by atoms with Crippen molar-refractivity contribution in [3.8, 4) is 11.4 Å². The highest BCUT2D eigenvalue weighted by atomic mass is 35.5. The van der Waals surface area contributed by atoms with Crippen LogP contribution in [0.3, 0.4) is 0 Å².